The Morgan fingerprint density at radius 3 is 2.27 bits per heavy atom. The molecule has 0 spiro atoms. The second kappa shape index (κ2) is 3.75. The van der Waals surface area contributed by atoms with Crippen molar-refractivity contribution in [1.82, 2.24) is 14.8 Å². The first-order valence-corrected chi connectivity index (χ1v) is 6.77. The normalized spacial score (nSPS) is 13.1. The molecule has 1 aromatic rings. The van der Waals surface area contributed by atoms with Gasteiger partial charge in [-0.2, -0.15) is 0 Å². The SMILES string of the molecule is Cc1nnc(S(=O)(=O)Cl)n1CC(C)(C)C. The van der Waals surface area contributed by atoms with Gasteiger partial charge in [0.1, 0.15) is 5.82 Å². The van der Waals surface area contributed by atoms with Gasteiger partial charge < -0.3 is 4.57 Å². The van der Waals surface area contributed by atoms with E-state index in [0.717, 1.165) is 0 Å². The molecule has 0 atom stereocenters. The summed E-state index contributed by atoms with van der Waals surface area (Å²) < 4.78 is 23.9. The fourth-order valence-electron chi connectivity index (χ4n) is 1.20. The third-order valence-electron chi connectivity index (χ3n) is 1.75. The van der Waals surface area contributed by atoms with Crippen LogP contribution in [0, 0.1) is 12.3 Å². The Bertz CT molecular complexity index is 459. The summed E-state index contributed by atoms with van der Waals surface area (Å²) in [6.07, 6.45) is 0. The Balaban J connectivity index is 3.23. The number of rotatable bonds is 2. The van der Waals surface area contributed by atoms with E-state index in [1.54, 1.807) is 6.92 Å². The second-order valence-electron chi connectivity index (χ2n) is 4.61. The first kappa shape index (κ1) is 12.4. The van der Waals surface area contributed by atoms with E-state index in [9.17, 15) is 8.42 Å². The fourth-order valence-corrected chi connectivity index (χ4v) is 2.14. The zero-order valence-electron chi connectivity index (χ0n) is 9.15. The Kier molecular flexibility index (Phi) is 3.11. The standard InChI is InChI=1S/C8H14ClN3O2S/c1-6-10-11-7(15(9,13)14)12(6)5-8(2,3)4/h5H2,1-4H3. The largest absolute Gasteiger partial charge is 0.301 e. The predicted octanol–water partition coefficient (Wildman–Crippen LogP) is 1.56. The molecular formula is C8H14ClN3O2S. The van der Waals surface area contributed by atoms with Gasteiger partial charge >= 0.3 is 0 Å². The van der Waals surface area contributed by atoms with Crippen molar-refractivity contribution in [1.29, 1.82) is 0 Å². The van der Waals surface area contributed by atoms with Gasteiger partial charge in [0.25, 0.3) is 14.2 Å². The molecular weight excluding hydrogens is 238 g/mol. The van der Waals surface area contributed by atoms with Gasteiger partial charge in [-0.25, -0.2) is 8.42 Å². The van der Waals surface area contributed by atoms with E-state index in [0.29, 0.717) is 12.4 Å². The van der Waals surface area contributed by atoms with Crippen LogP contribution in [0.4, 0.5) is 0 Å². The lowest BCUT2D eigenvalue weighted by Crippen LogP contribution is -2.19. The van der Waals surface area contributed by atoms with Gasteiger partial charge in [-0.1, -0.05) is 20.8 Å². The van der Waals surface area contributed by atoms with Gasteiger partial charge in [0.15, 0.2) is 0 Å². The Hall–Kier alpha value is -0.620. The molecule has 15 heavy (non-hydrogen) atoms. The summed E-state index contributed by atoms with van der Waals surface area (Å²) in [6, 6.07) is 0. The lowest BCUT2D eigenvalue weighted by atomic mass is 9.97. The summed E-state index contributed by atoms with van der Waals surface area (Å²) in [4.78, 5) is 0. The summed E-state index contributed by atoms with van der Waals surface area (Å²) in [7, 11) is 1.43. The Morgan fingerprint density at radius 1 is 1.33 bits per heavy atom. The molecule has 0 bridgehead atoms. The van der Waals surface area contributed by atoms with Crippen LogP contribution in [0.15, 0.2) is 5.16 Å². The quantitative estimate of drug-likeness (QED) is 0.749. The minimum absolute atomic E-state index is 0.0660. The summed E-state index contributed by atoms with van der Waals surface area (Å²) in [5.74, 6) is 0.546. The van der Waals surface area contributed by atoms with Crippen molar-refractivity contribution in [3.8, 4) is 0 Å². The van der Waals surface area contributed by atoms with Crippen molar-refractivity contribution in [3.05, 3.63) is 5.82 Å². The summed E-state index contributed by atoms with van der Waals surface area (Å²) >= 11 is 0. The number of nitrogens with zero attached hydrogens (tertiary/aromatic N) is 3. The highest BCUT2D eigenvalue weighted by atomic mass is 35.7. The summed E-state index contributed by atoms with van der Waals surface area (Å²) in [5.41, 5.74) is -0.0660. The van der Waals surface area contributed by atoms with Gasteiger partial charge in [0, 0.05) is 17.2 Å². The molecule has 0 saturated carbocycles. The van der Waals surface area contributed by atoms with Crippen LogP contribution in [0.25, 0.3) is 0 Å². The third kappa shape index (κ3) is 3.17. The fraction of sp³-hybridized carbons (Fsp3) is 0.750. The van der Waals surface area contributed by atoms with Crippen LogP contribution < -0.4 is 0 Å². The molecule has 0 unspecified atom stereocenters. The second-order valence-corrected chi connectivity index (χ2v) is 7.07. The number of aromatic nitrogens is 3. The molecule has 0 radical (unpaired) electrons. The molecule has 0 saturated heterocycles. The van der Waals surface area contributed by atoms with Crippen LogP contribution in [0.1, 0.15) is 26.6 Å². The summed E-state index contributed by atoms with van der Waals surface area (Å²) in [6.45, 7) is 8.20. The van der Waals surface area contributed by atoms with Crippen molar-refractivity contribution < 1.29 is 8.42 Å². The van der Waals surface area contributed by atoms with Gasteiger partial charge in [-0.05, 0) is 12.3 Å². The molecule has 0 aromatic carbocycles. The zero-order valence-corrected chi connectivity index (χ0v) is 10.7. The monoisotopic (exact) mass is 251 g/mol. The molecule has 0 fully saturated rings. The number of hydrogen-bond donors (Lipinski definition) is 0. The molecule has 86 valence electrons. The average Bonchev–Trinajstić information content (AvgIpc) is 2.28. The van der Waals surface area contributed by atoms with Crippen LogP contribution in [-0.4, -0.2) is 23.2 Å². The molecule has 0 aliphatic carbocycles. The molecule has 1 aromatic heterocycles. The molecule has 5 nitrogen and oxygen atoms in total. The maximum Gasteiger partial charge on any atom is 0.296 e. The first-order chi connectivity index (χ1) is 6.61. The van der Waals surface area contributed by atoms with Crippen LogP contribution >= 0.6 is 10.7 Å². The van der Waals surface area contributed by atoms with Crippen LogP contribution in [0.5, 0.6) is 0 Å². The number of hydrogen-bond acceptors (Lipinski definition) is 4. The van der Waals surface area contributed by atoms with E-state index < -0.39 is 9.05 Å². The zero-order chi connectivity index (χ0) is 11.9. The van der Waals surface area contributed by atoms with Gasteiger partial charge in [0.2, 0.25) is 0 Å². The lowest BCUT2D eigenvalue weighted by molar-refractivity contribution is 0.325. The summed E-state index contributed by atoms with van der Waals surface area (Å²) in [5, 5.41) is 7.10. The molecule has 0 aliphatic heterocycles. The van der Waals surface area contributed by atoms with Crippen molar-refractivity contribution in [2.24, 2.45) is 5.41 Å². The van der Waals surface area contributed by atoms with E-state index >= 15 is 0 Å². The van der Waals surface area contributed by atoms with Crippen LogP contribution in [0.2, 0.25) is 0 Å². The molecule has 0 N–H and O–H groups in total. The van der Waals surface area contributed by atoms with Gasteiger partial charge in [-0.3, -0.25) is 0 Å². The topological polar surface area (TPSA) is 64.8 Å². The lowest BCUT2D eigenvalue weighted by Gasteiger charge is -2.20. The van der Waals surface area contributed by atoms with Gasteiger partial charge in [0.05, 0.1) is 0 Å². The van der Waals surface area contributed by atoms with Crippen LogP contribution in [-0.2, 0) is 15.6 Å². The highest BCUT2D eigenvalue weighted by molar-refractivity contribution is 8.13. The van der Waals surface area contributed by atoms with E-state index in [4.69, 9.17) is 10.7 Å². The average molecular weight is 252 g/mol. The maximum absolute atomic E-state index is 11.2. The Labute approximate surface area is 93.9 Å². The minimum atomic E-state index is -3.82. The highest BCUT2D eigenvalue weighted by Crippen LogP contribution is 2.21. The van der Waals surface area contributed by atoms with E-state index in [1.807, 2.05) is 20.8 Å². The van der Waals surface area contributed by atoms with E-state index in [2.05, 4.69) is 10.2 Å². The predicted molar refractivity (Wildman–Crippen MR) is 57.3 cm³/mol. The minimum Gasteiger partial charge on any atom is -0.301 e. The Morgan fingerprint density at radius 2 is 1.87 bits per heavy atom. The van der Waals surface area contributed by atoms with Crippen molar-refractivity contribution in [2.45, 2.75) is 39.4 Å². The molecule has 0 aliphatic rings. The highest BCUT2D eigenvalue weighted by Gasteiger charge is 2.24. The number of halogens is 1. The van der Waals surface area contributed by atoms with E-state index in [1.165, 1.54) is 4.57 Å². The molecule has 0 amide bonds. The molecule has 1 heterocycles. The number of aryl methyl sites for hydroxylation is 1. The molecule has 7 heteroatoms. The smallest absolute Gasteiger partial charge is 0.296 e. The first-order valence-electron chi connectivity index (χ1n) is 4.46. The molecule has 1 rings (SSSR count). The van der Waals surface area contributed by atoms with Gasteiger partial charge in [-0.15, -0.1) is 10.2 Å². The van der Waals surface area contributed by atoms with Crippen molar-refractivity contribution >= 4 is 19.7 Å². The van der Waals surface area contributed by atoms with Crippen molar-refractivity contribution in [2.75, 3.05) is 0 Å². The van der Waals surface area contributed by atoms with Crippen molar-refractivity contribution in [3.63, 3.8) is 0 Å². The third-order valence-corrected chi connectivity index (χ3v) is 2.90. The maximum atomic E-state index is 11.2. The van der Waals surface area contributed by atoms with Crippen LogP contribution in [0.3, 0.4) is 0 Å². The van der Waals surface area contributed by atoms with E-state index in [-0.39, 0.29) is 10.6 Å².